The second-order valence-corrected chi connectivity index (χ2v) is 37.2. The fourth-order valence-corrected chi connectivity index (χ4v) is 18.0. The highest BCUT2D eigenvalue weighted by atomic mass is 31.2. The smallest absolute Gasteiger partial charge is 0.472 e. The second kappa shape index (κ2) is 47.1. The first-order valence-electron chi connectivity index (χ1n) is 42.9. The molecule has 10 aromatic rings. The average Bonchev–Trinajstić information content (AvgIpc) is 1.62. The van der Waals surface area contributed by atoms with Gasteiger partial charge in [0.25, 0.3) is 15.6 Å². The molecule has 4 aromatic carbocycles. The number of carbonyl (C=O) groups is 6. The molecule has 22 atom stereocenters. The number of rotatable bonds is 44. The Morgan fingerprint density at radius 2 is 0.793 bits per heavy atom. The molecule has 140 heavy (non-hydrogen) atoms. The van der Waals surface area contributed by atoms with Crippen LogP contribution in [0.2, 0.25) is 0 Å². The van der Waals surface area contributed by atoms with E-state index < -0.39 is 215 Å². The molecule has 18 N–H and O–H groups in total. The lowest BCUT2D eigenvalue weighted by molar-refractivity contribution is -0.224. The largest absolute Gasteiger partial charge is 0.756 e. The number of esters is 2. The SMILES string of the molecule is C=CCCC(=O)N[C@@H](Cc1ccccc1)C(=O)N[C@@H](Cc1ccccc1)C(=O)OC1[C@@H](COP(=O)(O)OC2C[C@H](n3ccc(N)nc3=O)O[C@@H]2COP(=O)([O-])O)O[C@@H](n2cnc3c(N)ncnc32)[C@H]1O.C=CCCC(=O)N[C@@H](Cc1ccccc1)C(=O)N[C@@H](Cc1ccccc1)C(=O)OC1[C@@H](COP(=O)(O)OC2C[C@H](n3ccc(N)nc3=O)O[C@@H]2COP(=O)([O-])O)O[C@@H](n2cnc3c(N)ncnc32)[C@H]1O. The molecule has 4 amide bonds. The Morgan fingerprint density at radius 1 is 0.457 bits per heavy atom. The summed E-state index contributed by atoms with van der Waals surface area (Å²) in [6.07, 6.45) is -11.8. The first kappa shape index (κ1) is 105. The molecule has 4 saturated heterocycles. The number of benzene rings is 4. The first-order valence-corrected chi connectivity index (χ1v) is 48.9. The number of nitrogen functional groups attached to an aromatic ring is 4. The van der Waals surface area contributed by atoms with Crippen LogP contribution in [0.5, 0.6) is 0 Å². The fraction of sp³-hybridized carbons (Fsp3) is 0.381. The summed E-state index contributed by atoms with van der Waals surface area (Å²) in [5, 5.41) is 34.7. The van der Waals surface area contributed by atoms with Gasteiger partial charge in [0.2, 0.25) is 23.6 Å². The molecular weight excluding hydrogens is 1920 g/mol. The van der Waals surface area contributed by atoms with Crippen LogP contribution in [-0.4, -0.2) is 235 Å². The number of carbonyl (C=O) groups excluding carboxylic acids is 6. The highest BCUT2D eigenvalue weighted by Gasteiger charge is 2.53. The van der Waals surface area contributed by atoms with E-state index in [2.05, 4.69) is 83.3 Å². The van der Waals surface area contributed by atoms with Crippen LogP contribution in [-0.2, 0) is 128 Å². The number of aliphatic hydroxyl groups is 2. The molecule has 0 aliphatic carbocycles. The molecule has 748 valence electrons. The summed E-state index contributed by atoms with van der Waals surface area (Å²) in [5.74, 6) is -4.85. The van der Waals surface area contributed by atoms with E-state index in [1.807, 2.05) is 0 Å². The van der Waals surface area contributed by atoms with Crippen molar-refractivity contribution in [2.45, 2.75) is 174 Å². The molecular formula is C84H98N20O32P4-2. The van der Waals surface area contributed by atoms with E-state index in [1.165, 1.54) is 46.3 Å². The number of hydrogen-bond donors (Lipinski definition) is 14. The fourth-order valence-electron chi connectivity index (χ4n) is 15.4. The van der Waals surface area contributed by atoms with Gasteiger partial charge >= 0.3 is 39.0 Å². The Morgan fingerprint density at radius 3 is 1.12 bits per heavy atom. The summed E-state index contributed by atoms with van der Waals surface area (Å²) in [6.45, 7) is 3.52. The van der Waals surface area contributed by atoms with E-state index in [4.69, 9.17) is 69.5 Å². The number of nitrogens with one attached hydrogen (secondary N) is 4. The minimum absolute atomic E-state index is 0.0177. The van der Waals surface area contributed by atoms with Gasteiger partial charge in [-0.05, 0) is 47.2 Å². The number of aliphatic hydroxyl groups excluding tert-OH is 2. The van der Waals surface area contributed by atoms with E-state index in [0.29, 0.717) is 35.1 Å². The maximum atomic E-state index is 14.5. The van der Waals surface area contributed by atoms with Crippen LogP contribution in [0.4, 0.5) is 23.3 Å². The molecule has 56 heteroatoms. The zero-order valence-electron chi connectivity index (χ0n) is 73.8. The molecule has 6 aromatic heterocycles. The summed E-state index contributed by atoms with van der Waals surface area (Å²) in [4.78, 5) is 204. The van der Waals surface area contributed by atoms with Gasteiger partial charge < -0.3 is 121 Å². The molecule has 4 aliphatic rings. The average molecular weight is 2020 g/mol. The predicted molar refractivity (Wildman–Crippen MR) is 482 cm³/mol. The molecule has 4 aliphatic heterocycles. The van der Waals surface area contributed by atoms with Gasteiger partial charge in [-0.2, -0.15) is 9.97 Å². The molecule has 0 radical (unpaired) electrons. The second-order valence-electron chi connectivity index (χ2n) is 32.0. The van der Waals surface area contributed by atoms with Gasteiger partial charge in [0, 0.05) is 63.8 Å². The van der Waals surface area contributed by atoms with Gasteiger partial charge in [0.15, 0.2) is 47.6 Å². The lowest BCUT2D eigenvalue weighted by Crippen LogP contribution is -2.54. The standard InChI is InChI=1S/2C42H50N10O16P2/c2*1-2-3-14-32(53)48-26(17-24-10-6-4-7-11-24)39(55)49-27(18-25-12-8-5-9-13-25)41(56)67-36-30(66-40(35(36)54)52-23-47-34-37(44)45-22-46-38(34)52)21-64-70(61,62)68-28-19-33(51-16-15-31(43)50-42(51)57)65-29(28)20-63-69(58,59)60/h2*2,4-13,15-16,22-23,26-30,33,35-36,40,54H,1,3,14,17-21H2,(H,48,53)(H,49,55)(H,61,62)(H2,43,50,57)(H2,44,45,46)(H2,58,59,60)/p-2/t2*26-,27-,28?,29+,30+,33+,35-,36?,40+/m00/s1. The Bertz CT molecular complexity index is 5980. The lowest BCUT2D eigenvalue weighted by Gasteiger charge is -2.27. The molecule has 8 unspecified atom stereocenters. The third-order valence-corrected chi connectivity index (χ3v) is 25.0. The number of nitrogens with two attached hydrogens (primary N) is 4. The zero-order valence-corrected chi connectivity index (χ0v) is 77.4. The lowest BCUT2D eigenvalue weighted by atomic mass is 10.0. The van der Waals surface area contributed by atoms with Gasteiger partial charge in [0.1, 0.15) is 121 Å². The van der Waals surface area contributed by atoms with E-state index in [1.54, 1.807) is 133 Å². The monoisotopic (exact) mass is 2020 g/mol. The molecule has 0 saturated carbocycles. The minimum Gasteiger partial charge on any atom is -0.756 e. The van der Waals surface area contributed by atoms with Crippen LogP contribution in [0, 0.1) is 0 Å². The van der Waals surface area contributed by atoms with Crippen LogP contribution in [0.1, 0.15) is 85.7 Å². The minimum atomic E-state index is -5.36. The normalized spacial score (nSPS) is 23.7. The van der Waals surface area contributed by atoms with Gasteiger partial charge in [-0.15, -0.1) is 13.2 Å². The number of nitrogens with zero attached hydrogens (tertiary/aromatic N) is 12. The number of anilines is 4. The van der Waals surface area contributed by atoms with Crippen molar-refractivity contribution in [3.05, 3.63) is 240 Å². The van der Waals surface area contributed by atoms with Crippen LogP contribution >= 0.6 is 31.3 Å². The quantitative estimate of drug-likeness (QED) is 0.0138. The molecule has 4 fully saturated rings. The van der Waals surface area contributed by atoms with E-state index >= 15 is 0 Å². The van der Waals surface area contributed by atoms with Crippen molar-refractivity contribution >= 4 is 112 Å². The van der Waals surface area contributed by atoms with Crippen LogP contribution < -0.4 is 65.4 Å². The topological polar surface area (TPSA) is 758 Å². The van der Waals surface area contributed by atoms with Crippen molar-refractivity contribution in [2.75, 3.05) is 49.4 Å². The summed E-state index contributed by atoms with van der Waals surface area (Å²) in [7, 11) is -21.3. The van der Waals surface area contributed by atoms with Crippen molar-refractivity contribution in [2.24, 2.45) is 0 Å². The number of imidazole rings is 2. The van der Waals surface area contributed by atoms with Gasteiger partial charge in [-0.3, -0.25) is 64.7 Å². The van der Waals surface area contributed by atoms with Crippen molar-refractivity contribution in [1.82, 2.24) is 79.4 Å². The van der Waals surface area contributed by atoms with Crippen LogP contribution in [0.3, 0.4) is 0 Å². The van der Waals surface area contributed by atoms with Gasteiger partial charge in [0.05, 0.1) is 39.1 Å². The first-order chi connectivity index (χ1) is 66.7. The van der Waals surface area contributed by atoms with Crippen molar-refractivity contribution in [1.29, 1.82) is 0 Å². The molecule has 0 spiro atoms. The number of amides is 4. The Balaban J connectivity index is 0.000000236. The number of phosphoric ester groups is 4. The number of ether oxygens (including phenoxy) is 6. The number of hydrogen-bond acceptors (Lipinski definition) is 40. The summed E-state index contributed by atoms with van der Waals surface area (Å²) < 4.78 is 121. The molecule has 0 bridgehead atoms. The Labute approximate surface area is 793 Å². The van der Waals surface area contributed by atoms with Crippen molar-refractivity contribution in [3.63, 3.8) is 0 Å². The van der Waals surface area contributed by atoms with E-state index in [9.17, 15) is 96.2 Å². The van der Waals surface area contributed by atoms with Crippen LogP contribution in [0.25, 0.3) is 22.3 Å². The molecule has 10 heterocycles. The predicted octanol–water partition coefficient (Wildman–Crippen LogP) is 0.212. The van der Waals surface area contributed by atoms with Crippen LogP contribution in [0.15, 0.2) is 206 Å². The summed E-state index contributed by atoms with van der Waals surface area (Å²) in [6, 6.07) is 32.1. The van der Waals surface area contributed by atoms with Gasteiger partial charge in [-0.1, -0.05) is 133 Å². The Hall–Kier alpha value is -12.6. The Kier molecular flexibility index (Phi) is 35.3. The third-order valence-electron chi connectivity index (χ3n) is 22.1. The number of allylic oxidation sites excluding steroid dienone is 2. The maximum Gasteiger partial charge on any atom is 0.472 e. The number of aromatic nitrogens is 12. The number of fused-ring (bicyclic) bond motifs is 2. The third kappa shape index (κ3) is 28.4. The summed E-state index contributed by atoms with van der Waals surface area (Å²) >= 11 is 0. The molecule has 52 nitrogen and oxygen atoms in total. The highest BCUT2D eigenvalue weighted by Crippen LogP contribution is 2.52. The maximum absolute atomic E-state index is 14.5. The van der Waals surface area contributed by atoms with Crippen molar-refractivity contribution in [3.8, 4) is 0 Å². The highest BCUT2D eigenvalue weighted by molar-refractivity contribution is 7.47. The van der Waals surface area contributed by atoms with Gasteiger partial charge in [-0.25, -0.2) is 58.2 Å². The number of phosphoric acid groups is 4. The zero-order chi connectivity index (χ0) is 100. The summed E-state index contributed by atoms with van der Waals surface area (Å²) in [5.41, 5.74) is 24.4. The van der Waals surface area contributed by atoms with Crippen molar-refractivity contribution < 1.29 is 142 Å². The van der Waals surface area contributed by atoms with E-state index in [-0.39, 0.29) is 97.0 Å². The van der Waals surface area contributed by atoms with E-state index in [0.717, 1.165) is 21.8 Å². The molecule has 14 rings (SSSR count).